The molecule has 1 aliphatic heterocycles. The fourth-order valence-electron chi connectivity index (χ4n) is 7.34. The molecule has 2 aromatic carbocycles. The quantitative estimate of drug-likeness (QED) is 0.0363. The smallest absolute Gasteiger partial charge is 0.327 e. The third-order valence-electron chi connectivity index (χ3n) is 10.2. The molecule has 0 amide bonds. The summed E-state index contributed by atoms with van der Waals surface area (Å²) in [6.45, 7) is 21.6. The Labute approximate surface area is 404 Å². The van der Waals surface area contributed by atoms with Gasteiger partial charge in [-0.1, -0.05) is 122 Å². The maximum absolute atomic E-state index is 10.2. The van der Waals surface area contributed by atoms with E-state index in [1.165, 1.54) is 30.0 Å². The zero-order valence-corrected chi connectivity index (χ0v) is 42.2. The van der Waals surface area contributed by atoms with Crippen molar-refractivity contribution in [1.82, 2.24) is 5.32 Å². The van der Waals surface area contributed by atoms with Gasteiger partial charge < -0.3 is 30.4 Å². The number of aldehydes is 1. The Balaban J connectivity index is -0.000000781. The Kier molecular flexibility index (Phi) is 40.7. The molecule has 386 valence electrons. The normalized spacial score (nSPS) is 14.1. The molecular weight excluding hydrogens is 879 g/mol. The molecule has 0 spiro atoms. The number of hydrogen-bond donors (Lipinski definition) is 3. The second-order valence-electron chi connectivity index (χ2n) is 18.4. The number of rotatable bonds is 25. The van der Waals surface area contributed by atoms with Gasteiger partial charge in [-0.05, 0) is 93.3 Å². The van der Waals surface area contributed by atoms with Gasteiger partial charge in [0.15, 0.2) is 7.05 Å². The van der Waals surface area contributed by atoms with E-state index in [2.05, 4.69) is 96.2 Å². The number of allylic oxidation sites excluding steroid dienone is 1. The number of hydrogen-bond acceptors (Lipinski definition) is 14. The van der Waals surface area contributed by atoms with E-state index in [0.717, 1.165) is 39.1 Å². The van der Waals surface area contributed by atoms with Gasteiger partial charge in [0.2, 0.25) is 13.1 Å². The lowest BCUT2D eigenvalue weighted by molar-refractivity contribution is -0.489. The summed E-state index contributed by atoms with van der Waals surface area (Å²) in [5.41, 5.74) is 8.33. The molecule has 0 aromatic heterocycles. The van der Waals surface area contributed by atoms with Crippen LogP contribution in [0.5, 0.6) is 0 Å². The van der Waals surface area contributed by atoms with E-state index in [9.17, 15) is 39.4 Å². The summed E-state index contributed by atoms with van der Waals surface area (Å²) in [7, 11) is 0.889. The first kappa shape index (κ1) is 66.7. The zero-order chi connectivity index (χ0) is 52.5. The third kappa shape index (κ3) is 38.5. The highest BCUT2D eigenvalue weighted by Crippen LogP contribution is 2.38. The minimum Gasteiger partial charge on any atom is -0.478 e. The number of nitrogens with two attached hydrogens (primary N) is 1. The number of nitrogens with zero attached hydrogens (tertiary/aromatic N) is 3. The number of carbonyl (C=O) groups is 4. The summed E-state index contributed by atoms with van der Waals surface area (Å²) in [5, 5.41) is 41.0. The molecule has 0 radical (unpaired) electrons. The van der Waals surface area contributed by atoms with Gasteiger partial charge >= 0.3 is 5.97 Å². The van der Waals surface area contributed by atoms with Gasteiger partial charge in [-0.3, -0.25) is 39.9 Å². The fourth-order valence-corrected chi connectivity index (χ4v) is 7.34. The maximum atomic E-state index is 10.2. The van der Waals surface area contributed by atoms with Crippen molar-refractivity contribution in [2.24, 2.45) is 47.2 Å². The SMILES string of the molecule is CC(C)C/C=C/C(=O)O.CC(C)C[C@@H](CC=O)C[N+](=O)[O-].CC(C)C[C@@H](COC=O)C[N+](=O)[O-].CC(C)C[C@H](CN)COC=O.CC(c1ccccc1)(c1ccccc1)[C@H]1CCCN1.C[N+](=O)[O-]. The van der Waals surface area contributed by atoms with Gasteiger partial charge in [0.05, 0.1) is 12.5 Å². The number of carboxylic acids is 1. The Morgan fingerprint density at radius 2 is 1.15 bits per heavy atom. The lowest BCUT2D eigenvalue weighted by Gasteiger charge is -2.37. The van der Waals surface area contributed by atoms with Crippen LogP contribution >= 0.6 is 0 Å². The molecule has 1 aliphatic rings. The number of nitrogens with one attached hydrogen (secondary N) is 1. The number of ether oxygens (including phenoxy) is 2. The van der Waals surface area contributed by atoms with Crippen LogP contribution in [0.2, 0.25) is 0 Å². The van der Waals surface area contributed by atoms with Gasteiger partial charge in [0, 0.05) is 50.6 Å². The molecule has 4 N–H and O–H groups in total. The van der Waals surface area contributed by atoms with Crippen LogP contribution in [0.1, 0.15) is 118 Å². The topological polar surface area (TPSA) is 274 Å². The van der Waals surface area contributed by atoms with E-state index in [4.69, 9.17) is 21.0 Å². The van der Waals surface area contributed by atoms with Crippen LogP contribution in [0, 0.1) is 71.8 Å². The number of carbonyl (C=O) groups excluding carboxylic acids is 3. The van der Waals surface area contributed by atoms with Gasteiger partial charge in [0.25, 0.3) is 12.9 Å². The molecule has 4 atom stereocenters. The average molecular weight is 962 g/mol. The third-order valence-corrected chi connectivity index (χ3v) is 10.2. The number of benzene rings is 2. The molecule has 1 saturated heterocycles. The zero-order valence-electron chi connectivity index (χ0n) is 42.2. The lowest BCUT2D eigenvalue weighted by atomic mass is 9.70. The van der Waals surface area contributed by atoms with E-state index >= 15 is 0 Å². The van der Waals surface area contributed by atoms with Crippen molar-refractivity contribution in [2.45, 2.75) is 119 Å². The minimum absolute atomic E-state index is 0.0546. The Hall–Kier alpha value is -5.62. The molecule has 18 heteroatoms. The van der Waals surface area contributed by atoms with Crippen LogP contribution in [0.4, 0.5) is 0 Å². The predicted molar refractivity (Wildman–Crippen MR) is 266 cm³/mol. The van der Waals surface area contributed by atoms with Gasteiger partial charge in [-0.2, -0.15) is 0 Å². The van der Waals surface area contributed by atoms with Gasteiger partial charge in [-0.25, -0.2) is 4.79 Å². The van der Waals surface area contributed by atoms with Crippen molar-refractivity contribution in [3.8, 4) is 0 Å². The summed E-state index contributed by atoms with van der Waals surface area (Å²) in [5.74, 6) is 1.14. The van der Waals surface area contributed by atoms with Crippen LogP contribution in [0.3, 0.4) is 0 Å². The second kappa shape index (κ2) is 41.6. The number of aliphatic carboxylic acids is 1. The summed E-state index contributed by atoms with van der Waals surface area (Å²) < 4.78 is 9.14. The minimum atomic E-state index is -0.865. The first-order chi connectivity index (χ1) is 32.0. The standard InChI is InChI=1S/C18H21N.C8H15NO4.C8H15NO3.C8H17NO2.C7H12O2.CH3NO2/c1-18(17-13-8-14-19-17,15-9-4-2-5-10-15)16-11-6-3-7-12-16;1-7(2)3-8(4-9(11)12)5-13-6-10;1-7(2)5-8(3-4-10)6-9(11)12;1-7(2)3-8(4-9)5-11-6-10;1-6(2)4-3-5-7(8)9;1-2(3)4/h2-7,9-12,17,19H,8,13-14H2,1H3;6-8H,3-5H2,1-2H3;4,7-8H,3,5-6H2,1-2H3;6-8H,3-5,9H2,1-2H3;3,5-6H,4H2,1-2H3,(H,8,9);1H3/b;;;;5-3+;/t17-;3*8-;;/m1111../s1. The van der Waals surface area contributed by atoms with Crippen molar-refractivity contribution in [2.75, 3.05) is 46.4 Å². The van der Waals surface area contributed by atoms with Crippen LogP contribution in [-0.2, 0) is 34.1 Å². The van der Waals surface area contributed by atoms with Gasteiger partial charge in [-0.15, -0.1) is 0 Å². The van der Waals surface area contributed by atoms with Crippen molar-refractivity contribution >= 4 is 25.2 Å². The Morgan fingerprint density at radius 3 is 1.49 bits per heavy atom. The molecule has 1 fully saturated rings. The number of carboxylic acid groups (broad SMARTS) is 1. The van der Waals surface area contributed by atoms with E-state index < -0.39 is 10.9 Å². The average Bonchev–Trinajstić information content (AvgIpc) is 3.80. The molecule has 18 nitrogen and oxygen atoms in total. The van der Waals surface area contributed by atoms with Crippen molar-refractivity contribution in [3.05, 3.63) is 114 Å². The van der Waals surface area contributed by atoms with E-state index in [1.54, 1.807) is 6.08 Å². The molecule has 0 bridgehead atoms. The largest absolute Gasteiger partial charge is 0.478 e. The molecule has 0 saturated carbocycles. The summed E-state index contributed by atoms with van der Waals surface area (Å²) in [4.78, 5) is 67.7. The molecule has 0 aliphatic carbocycles. The van der Waals surface area contributed by atoms with Gasteiger partial charge in [0.1, 0.15) is 12.9 Å². The van der Waals surface area contributed by atoms with Crippen molar-refractivity contribution in [1.29, 1.82) is 0 Å². The molecule has 3 rings (SSSR count). The second-order valence-corrected chi connectivity index (χ2v) is 18.4. The van der Waals surface area contributed by atoms with E-state index in [0.29, 0.717) is 74.6 Å². The van der Waals surface area contributed by atoms with Crippen LogP contribution in [-0.4, -0.2) is 97.6 Å². The van der Waals surface area contributed by atoms with Crippen LogP contribution in [0.15, 0.2) is 72.8 Å². The van der Waals surface area contributed by atoms with E-state index in [-0.39, 0.29) is 46.8 Å². The Bertz CT molecular complexity index is 1610. The first-order valence-electron chi connectivity index (χ1n) is 23.3. The van der Waals surface area contributed by atoms with E-state index in [1.807, 2.05) is 41.5 Å². The highest BCUT2D eigenvalue weighted by Gasteiger charge is 2.38. The van der Waals surface area contributed by atoms with Crippen LogP contribution < -0.4 is 11.1 Å². The maximum Gasteiger partial charge on any atom is 0.327 e. The highest BCUT2D eigenvalue weighted by molar-refractivity contribution is 5.79. The monoisotopic (exact) mass is 962 g/mol. The molecule has 1 heterocycles. The van der Waals surface area contributed by atoms with Crippen molar-refractivity contribution < 1.29 is 48.5 Å². The van der Waals surface area contributed by atoms with Crippen LogP contribution in [0.25, 0.3) is 0 Å². The highest BCUT2D eigenvalue weighted by atomic mass is 16.6. The molecular formula is C50H83N5O13. The fraction of sp³-hybridized carbons (Fsp3) is 0.640. The lowest BCUT2D eigenvalue weighted by Crippen LogP contribution is -2.43. The summed E-state index contributed by atoms with van der Waals surface area (Å²) in [6.07, 6.45) is 9.76. The summed E-state index contributed by atoms with van der Waals surface area (Å²) >= 11 is 0. The first-order valence-corrected chi connectivity index (χ1v) is 23.3. The summed E-state index contributed by atoms with van der Waals surface area (Å²) in [6, 6.07) is 22.3. The molecule has 68 heavy (non-hydrogen) atoms. The van der Waals surface area contributed by atoms with Crippen molar-refractivity contribution in [3.63, 3.8) is 0 Å². The Morgan fingerprint density at radius 1 is 0.735 bits per heavy atom. The molecule has 0 unspecified atom stereocenters. The molecule has 2 aromatic rings. The predicted octanol–water partition coefficient (Wildman–Crippen LogP) is 8.70. The number of nitro groups is 3.